The molecule has 0 aliphatic rings. The van der Waals surface area contributed by atoms with Crippen molar-refractivity contribution in [2.75, 3.05) is 6.54 Å². The van der Waals surface area contributed by atoms with Crippen LogP contribution < -0.4 is 5.32 Å². The van der Waals surface area contributed by atoms with Gasteiger partial charge in [-0.1, -0.05) is 45.7 Å². The third-order valence-corrected chi connectivity index (χ3v) is 4.02. The maximum atomic E-state index is 11.9. The first-order chi connectivity index (χ1) is 11.0. The van der Waals surface area contributed by atoms with Gasteiger partial charge in [0, 0.05) is 20.6 Å². The molecule has 0 aromatic heterocycles. The zero-order valence-electron chi connectivity index (χ0n) is 12.4. The van der Waals surface area contributed by atoms with Crippen LogP contribution in [0.25, 0.3) is 0 Å². The molecule has 0 aliphatic carbocycles. The van der Waals surface area contributed by atoms with Gasteiger partial charge in [0.15, 0.2) is 0 Å². The van der Waals surface area contributed by atoms with Crippen molar-refractivity contribution in [2.45, 2.75) is 13.0 Å². The van der Waals surface area contributed by atoms with Crippen LogP contribution in [-0.2, 0) is 9.53 Å². The Morgan fingerprint density at radius 2 is 1.83 bits per heavy atom. The number of carbonyl (C=O) groups excluding carboxylic acids is 2. The Morgan fingerprint density at radius 1 is 1.17 bits per heavy atom. The Hall–Kier alpha value is -1.85. The monoisotopic (exact) mass is 395 g/mol. The number of nitrogens with one attached hydrogen (secondary N) is 1. The highest BCUT2D eigenvalue weighted by Gasteiger charge is 2.15. The van der Waals surface area contributed by atoms with E-state index in [9.17, 15) is 9.59 Å². The molecule has 0 heterocycles. The minimum Gasteiger partial charge on any atom is -0.456 e. The van der Waals surface area contributed by atoms with E-state index in [0.717, 1.165) is 10.0 Å². The van der Waals surface area contributed by atoms with Gasteiger partial charge >= 0.3 is 5.97 Å². The van der Waals surface area contributed by atoms with E-state index in [1.54, 1.807) is 49.4 Å². The average Bonchev–Trinajstić information content (AvgIpc) is 2.53. The van der Waals surface area contributed by atoms with Gasteiger partial charge in [-0.3, -0.25) is 9.59 Å². The smallest absolute Gasteiger partial charge is 0.326 e. The van der Waals surface area contributed by atoms with Crippen LogP contribution in [0, 0.1) is 0 Å². The van der Waals surface area contributed by atoms with Crippen molar-refractivity contribution in [3.63, 3.8) is 0 Å². The lowest BCUT2D eigenvalue weighted by molar-refractivity contribution is -0.147. The number of rotatable bonds is 5. The van der Waals surface area contributed by atoms with Crippen molar-refractivity contribution < 1.29 is 14.3 Å². The number of esters is 1. The lowest BCUT2D eigenvalue weighted by atomic mass is 10.1. The maximum Gasteiger partial charge on any atom is 0.326 e. The molecule has 120 valence electrons. The Morgan fingerprint density at radius 3 is 2.48 bits per heavy atom. The van der Waals surface area contributed by atoms with Crippen LogP contribution in [-0.4, -0.2) is 18.4 Å². The first-order valence-electron chi connectivity index (χ1n) is 6.95. The number of halogens is 2. The quantitative estimate of drug-likeness (QED) is 0.773. The summed E-state index contributed by atoms with van der Waals surface area (Å²) in [6.45, 7) is 1.53. The number of ether oxygens (including phenoxy) is 1. The Kier molecular flexibility index (Phi) is 6.19. The second-order valence-electron chi connectivity index (χ2n) is 4.84. The van der Waals surface area contributed by atoms with Crippen LogP contribution >= 0.6 is 27.5 Å². The predicted molar refractivity (Wildman–Crippen MR) is 92.4 cm³/mol. The molecule has 23 heavy (non-hydrogen) atoms. The standard InChI is InChI=1S/C17H15BrClNO3/c1-11(14-4-2-3-5-15(14)19)23-16(21)10-20-17(22)12-6-8-13(18)9-7-12/h2-9,11H,10H2,1H3,(H,20,22)/t11-/m1/s1. The lowest BCUT2D eigenvalue weighted by Gasteiger charge is -2.15. The highest BCUT2D eigenvalue weighted by Crippen LogP contribution is 2.24. The molecular formula is C17H15BrClNO3. The first kappa shape index (κ1) is 17.5. The highest BCUT2D eigenvalue weighted by atomic mass is 79.9. The zero-order chi connectivity index (χ0) is 16.8. The van der Waals surface area contributed by atoms with Crippen molar-refractivity contribution in [3.8, 4) is 0 Å². The molecule has 0 unspecified atom stereocenters. The van der Waals surface area contributed by atoms with Crippen molar-refractivity contribution in [1.29, 1.82) is 0 Å². The fourth-order valence-electron chi connectivity index (χ4n) is 1.96. The van der Waals surface area contributed by atoms with Gasteiger partial charge in [-0.05, 0) is 37.3 Å². The van der Waals surface area contributed by atoms with Crippen molar-refractivity contribution in [2.24, 2.45) is 0 Å². The number of hydrogen-bond donors (Lipinski definition) is 1. The fraction of sp³-hybridized carbons (Fsp3) is 0.176. The summed E-state index contributed by atoms with van der Waals surface area (Å²) in [5.74, 6) is -0.859. The van der Waals surface area contributed by atoms with Crippen molar-refractivity contribution >= 4 is 39.4 Å². The summed E-state index contributed by atoms with van der Waals surface area (Å²) in [7, 11) is 0. The molecule has 0 fully saturated rings. The maximum absolute atomic E-state index is 11.9. The van der Waals surface area contributed by atoms with E-state index >= 15 is 0 Å². The lowest BCUT2D eigenvalue weighted by Crippen LogP contribution is -2.31. The topological polar surface area (TPSA) is 55.4 Å². The van der Waals surface area contributed by atoms with E-state index in [2.05, 4.69) is 21.2 Å². The molecule has 1 amide bonds. The number of carbonyl (C=O) groups is 2. The summed E-state index contributed by atoms with van der Waals surface area (Å²) in [4.78, 5) is 23.8. The van der Waals surface area contributed by atoms with Crippen LogP contribution in [0.2, 0.25) is 5.02 Å². The van der Waals surface area contributed by atoms with Gasteiger partial charge < -0.3 is 10.1 Å². The molecule has 0 spiro atoms. The molecule has 0 aliphatic heterocycles. The highest BCUT2D eigenvalue weighted by molar-refractivity contribution is 9.10. The minimum atomic E-state index is -0.525. The summed E-state index contributed by atoms with van der Waals surface area (Å²) >= 11 is 9.35. The third-order valence-electron chi connectivity index (χ3n) is 3.15. The third kappa shape index (κ3) is 5.08. The van der Waals surface area contributed by atoms with Gasteiger partial charge in [-0.15, -0.1) is 0 Å². The van der Waals surface area contributed by atoms with Crippen LogP contribution in [0.3, 0.4) is 0 Å². The zero-order valence-corrected chi connectivity index (χ0v) is 14.7. The summed E-state index contributed by atoms with van der Waals surface area (Å²) in [5.41, 5.74) is 1.20. The first-order valence-corrected chi connectivity index (χ1v) is 8.12. The average molecular weight is 397 g/mol. The molecule has 2 rings (SSSR count). The Bertz CT molecular complexity index is 703. The Labute approximate surface area is 147 Å². The predicted octanol–water partition coefficient (Wildman–Crippen LogP) is 4.14. The molecule has 0 bridgehead atoms. The summed E-state index contributed by atoms with van der Waals surface area (Å²) in [5, 5.41) is 3.06. The molecule has 1 atom stereocenters. The van der Waals surface area contributed by atoms with Gasteiger partial charge in [0.2, 0.25) is 0 Å². The van der Waals surface area contributed by atoms with Crippen LogP contribution in [0.4, 0.5) is 0 Å². The molecule has 0 saturated heterocycles. The molecule has 2 aromatic rings. The van der Waals surface area contributed by atoms with Gasteiger partial charge in [0.1, 0.15) is 12.6 Å². The van der Waals surface area contributed by atoms with E-state index < -0.39 is 12.1 Å². The summed E-state index contributed by atoms with van der Waals surface area (Å²) in [6, 6.07) is 14.0. The summed E-state index contributed by atoms with van der Waals surface area (Å²) < 4.78 is 6.15. The number of amides is 1. The number of hydrogen-bond acceptors (Lipinski definition) is 3. The van der Waals surface area contributed by atoms with Crippen LogP contribution in [0.15, 0.2) is 53.0 Å². The van der Waals surface area contributed by atoms with Crippen LogP contribution in [0.5, 0.6) is 0 Å². The van der Waals surface area contributed by atoms with E-state index in [-0.39, 0.29) is 12.5 Å². The largest absolute Gasteiger partial charge is 0.456 e. The van der Waals surface area contributed by atoms with Gasteiger partial charge in [0.25, 0.3) is 5.91 Å². The van der Waals surface area contributed by atoms with Crippen LogP contribution in [0.1, 0.15) is 28.9 Å². The van der Waals surface area contributed by atoms with Gasteiger partial charge in [0.05, 0.1) is 0 Å². The second kappa shape index (κ2) is 8.13. The van der Waals surface area contributed by atoms with E-state index in [0.29, 0.717) is 10.6 Å². The molecule has 0 radical (unpaired) electrons. The number of benzene rings is 2. The normalized spacial score (nSPS) is 11.6. The van der Waals surface area contributed by atoms with Gasteiger partial charge in [-0.25, -0.2) is 0 Å². The van der Waals surface area contributed by atoms with E-state index in [1.165, 1.54) is 0 Å². The molecule has 4 nitrogen and oxygen atoms in total. The summed E-state index contributed by atoms with van der Waals surface area (Å²) in [6.07, 6.45) is -0.485. The Balaban J connectivity index is 1.86. The minimum absolute atomic E-state index is 0.205. The van der Waals surface area contributed by atoms with Gasteiger partial charge in [-0.2, -0.15) is 0 Å². The van der Waals surface area contributed by atoms with E-state index in [4.69, 9.17) is 16.3 Å². The molecule has 0 saturated carbocycles. The van der Waals surface area contributed by atoms with Crippen molar-refractivity contribution in [1.82, 2.24) is 5.32 Å². The molecule has 6 heteroatoms. The molecule has 1 N–H and O–H groups in total. The van der Waals surface area contributed by atoms with E-state index in [1.807, 2.05) is 6.07 Å². The molecule has 2 aromatic carbocycles. The SMILES string of the molecule is C[C@@H](OC(=O)CNC(=O)c1ccc(Br)cc1)c1ccccc1Cl. The van der Waals surface area contributed by atoms with Crippen molar-refractivity contribution in [3.05, 3.63) is 69.2 Å². The molecular weight excluding hydrogens is 382 g/mol. The second-order valence-corrected chi connectivity index (χ2v) is 6.17. The fourth-order valence-corrected chi connectivity index (χ4v) is 2.52.